The third-order valence-electron chi connectivity index (χ3n) is 9.41. The van der Waals surface area contributed by atoms with Crippen molar-refractivity contribution in [3.63, 3.8) is 0 Å². The van der Waals surface area contributed by atoms with E-state index in [-0.39, 0.29) is 0 Å². The Morgan fingerprint density at radius 2 is 0.957 bits per heavy atom. The Hall–Kier alpha value is -6.06. The van der Waals surface area contributed by atoms with Crippen molar-refractivity contribution in [3.8, 4) is 16.8 Å². The van der Waals surface area contributed by atoms with E-state index in [2.05, 4.69) is 186 Å². The molecule has 0 amide bonds. The minimum absolute atomic E-state index is 1.13. The first-order chi connectivity index (χ1) is 23.1. The molecule has 3 heteroatoms. The zero-order chi connectivity index (χ0) is 31.5. The van der Waals surface area contributed by atoms with Crippen LogP contribution in [-0.2, 0) is 0 Å². The van der Waals surface area contributed by atoms with E-state index in [1.807, 2.05) is 0 Å². The lowest BCUT2D eigenvalue weighted by Crippen LogP contribution is -2.09. The second kappa shape index (κ2) is 10.8. The van der Waals surface area contributed by atoms with Gasteiger partial charge in [0.25, 0.3) is 0 Å². The lowest BCUT2D eigenvalue weighted by atomic mass is 10.0. The molecule has 0 saturated carbocycles. The molecule has 0 saturated heterocycles. The Morgan fingerprint density at radius 1 is 0.426 bits per heavy atom. The number of nitrogens with zero attached hydrogens (tertiary/aromatic N) is 2. The van der Waals surface area contributed by atoms with Gasteiger partial charge in [0.1, 0.15) is 0 Å². The lowest BCUT2D eigenvalue weighted by Gasteiger charge is -2.25. The summed E-state index contributed by atoms with van der Waals surface area (Å²) in [6, 6.07) is 57.1. The summed E-state index contributed by atoms with van der Waals surface area (Å²) in [6.45, 7) is 4.33. The quantitative estimate of drug-likeness (QED) is 0.208. The summed E-state index contributed by atoms with van der Waals surface area (Å²) in [5, 5.41) is 5.07. The summed E-state index contributed by atoms with van der Waals surface area (Å²) < 4.78 is 2.42. The second-order valence-electron chi connectivity index (χ2n) is 12.5. The van der Waals surface area contributed by atoms with Crippen molar-refractivity contribution in [2.45, 2.75) is 13.8 Å². The molecule has 0 radical (unpaired) electrons. The number of hydrogen-bond donors (Lipinski definition) is 1. The molecule has 0 aliphatic rings. The number of anilines is 3. The van der Waals surface area contributed by atoms with E-state index < -0.39 is 0 Å². The normalized spacial score (nSPS) is 11.6. The molecule has 0 unspecified atom stereocenters. The van der Waals surface area contributed by atoms with Gasteiger partial charge in [-0.05, 0) is 110 Å². The van der Waals surface area contributed by atoms with Gasteiger partial charge in [-0.15, -0.1) is 0 Å². The number of nitrogens with one attached hydrogen (secondary N) is 1. The maximum absolute atomic E-state index is 3.67. The minimum atomic E-state index is 1.13. The summed E-state index contributed by atoms with van der Waals surface area (Å²) >= 11 is 0. The number of hydrogen-bond acceptors (Lipinski definition) is 1. The summed E-state index contributed by atoms with van der Waals surface area (Å²) in [5.41, 5.74) is 14.3. The van der Waals surface area contributed by atoms with Crippen molar-refractivity contribution >= 4 is 60.7 Å². The number of aromatic amines is 1. The number of fused-ring (bicyclic) bond motifs is 6. The van der Waals surface area contributed by atoms with Gasteiger partial charge < -0.3 is 14.5 Å². The number of benzene rings is 7. The average molecular weight is 604 g/mol. The van der Waals surface area contributed by atoms with Crippen LogP contribution in [0.25, 0.3) is 60.4 Å². The number of para-hydroxylation sites is 2. The standard InChI is InChI=1S/C44H33N3/c1-29-13-23-41-37(25-29)38-28-44-40(27-42(38)45-41)39-26-30(2)14-24-43(39)47(44)36-21-17-32(18-22-36)31-15-19-35(20-16-31)46(33-9-5-3-6-10-33)34-11-7-4-8-12-34/h3-28,45H,1-2H3. The Bertz CT molecular complexity index is 2520. The Labute approximate surface area is 274 Å². The molecule has 0 aliphatic carbocycles. The zero-order valence-electron chi connectivity index (χ0n) is 26.4. The van der Waals surface area contributed by atoms with Gasteiger partial charge in [0.2, 0.25) is 0 Å². The van der Waals surface area contributed by atoms with Gasteiger partial charge in [0, 0.05) is 55.3 Å². The van der Waals surface area contributed by atoms with Gasteiger partial charge in [0.15, 0.2) is 0 Å². The highest BCUT2D eigenvalue weighted by atomic mass is 15.1. The van der Waals surface area contributed by atoms with Crippen LogP contribution in [0.5, 0.6) is 0 Å². The van der Waals surface area contributed by atoms with E-state index in [1.54, 1.807) is 0 Å². The van der Waals surface area contributed by atoms with E-state index in [4.69, 9.17) is 0 Å². The minimum Gasteiger partial charge on any atom is -0.354 e. The smallest absolute Gasteiger partial charge is 0.0548 e. The SMILES string of the molecule is Cc1ccc2[nH]c3cc4c5cc(C)ccc5n(-c5ccc(-c6ccc(N(c7ccccc7)c7ccccc7)cc6)cc5)c4cc3c2c1. The first-order valence-electron chi connectivity index (χ1n) is 16.2. The van der Waals surface area contributed by atoms with Crippen LogP contribution >= 0.6 is 0 Å². The molecule has 2 aromatic heterocycles. The van der Waals surface area contributed by atoms with Crippen LogP contribution < -0.4 is 4.90 Å². The highest BCUT2D eigenvalue weighted by Gasteiger charge is 2.16. The van der Waals surface area contributed by atoms with Crippen LogP contribution in [0, 0.1) is 13.8 Å². The molecule has 9 aromatic rings. The molecule has 47 heavy (non-hydrogen) atoms. The van der Waals surface area contributed by atoms with Crippen LogP contribution in [0.2, 0.25) is 0 Å². The number of H-pyrrole nitrogens is 1. The first-order valence-corrected chi connectivity index (χ1v) is 16.2. The van der Waals surface area contributed by atoms with E-state index in [0.717, 1.165) is 22.7 Å². The van der Waals surface area contributed by atoms with E-state index in [9.17, 15) is 0 Å². The van der Waals surface area contributed by atoms with Crippen molar-refractivity contribution in [1.29, 1.82) is 0 Å². The average Bonchev–Trinajstić information content (AvgIpc) is 3.62. The van der Waals surface area contributed by atoms with Crippen molar-refractivity contribution < 1.29 is 0 Å². The molecule has 1 N–H and O–H groups in total. The number of rotatable bonds is 5. The van der Waals surface area contributed by atoms with Crippen molar-refractivity contribution in [3.05, 3.63) is 169 Å². The van der Waals surface area contributed by atoms with Crippen LogP contribution in [0.1, 0.15) is 11.1 Å². The second-order valence-corrected chi connectivity index (χ2v) is 12.5. The van der Waals surface area contributed by atoms with Crippen LogP contribution in [0.3, 0.4) is 0 Å². The van der Waals surface area contributed by atoms with Crippen LogP contribution in [0.4, 0.5) is 17.1 Å². The van der Waals surface area contributed by atoms with E-state index >= 15 is 0 Å². The molecular weight excluding hydrogens is 571 g/mol. The number of aryl methyl sites for hydroxylation is 2. The van der Waals surface area contributed by atoms with E-state index in [1.165, 1.54) is 65.9 Å². The molecule has 0 atom stereocenters. The van der Waals surface area contributed by atoms with Crippen molar-refractivity contribution in [1.82, 2.24) is 9.55 Å². The largest absolute Gasteiger partial charge is 0.354 e. The predicted molar refractivity (Wildman–Crippen MR) is 200 cm³/mol. The van der Waals surface area contributed by atoms with Crippen LogP contribution in [-0.4, -0.2) is 9.55 Å². The highest BCUT2D eigenvalue weighted by Crippen LogP contribution is 2.39. The van der Waals surface area contributed by atoms with Crippen molar-refractivity contribution in [2.24, 2.45) is 0 Å². The number of aromatic nitrogens is 2. The van der Waals surface area contributed by atoms with Gasteiger partial charge in [-0.1, -0.05) is 83.9 Å². The lowest BCUT2D eigenvalue weighted by molar-refractivity contribution is 1.18. The monoisotopic (exact) mass is 603 g/mol. The fourth-order valence-electron chi connectivity index (χ4n) is 7.13. The molecule has 0 bridgehead atoms. The molecular formula is C44H33N3. The molecule has 0 aliphatic heterocycles. The zero-order valence-corrected chi connectivity index (χ0v) is 26.4. The maximum atomic E-state index is 3.67. The molecule has 0 spiro atoms. The summed E-state index contributed by atoms with van der Waals surface area (Å²) in [5.74, 6) is 0. The molecule has 9 rings (SSSR count). The van der Waals surface area contributed by atoms with Crippen LogP contribution in [0.15, 0.2) is 158 Å². The Kier molecular flexibility index (Phi) is 6.26. The third kappa shape index (κ3) is 4.59. The Morgan fingerprint density at radius 3 is 1.62 bits per heavy atom. The third-order valence-corrected chi connectivity index (χ3v) is 9.41. The summed E-state index contributed by atoms with van der Waals surface area (Å²) in [7, 11) is 0. The first kappa shape index (κ1) is 27.3. The van der Waals surface area contributed by atoms with E-state index in [0.29, 0.717) is 0 Å². The van der Waals surface area contributed by atoms with Gasteiger partial charge in [-0.25, -0.2) is 0 Å². The van der Waals surface area contributed by atoms with Gasteiger partial charge in [-0.2, -0.15) is 0 Å². The van der Waals surface area contributed by atoms with Gasteiger partial charge >= 0.3 is 0 Å². The highest BCUT2D eigenvalue weighted by molar-refractivity contribution is 6.18. The van der Waals surface area contributed by atoms with Crippen molar-refractivity contribution in [2.75, 3.05) is 4.90 Å². The molecule has 2 heterocycles. The molecule has 0 fully saturated rings. The Balaban J connectivity index is 1.13. The molecule has 3 nitrogen and oxygen atoms in total. The molecule has 224 valence electrons. The fraction of sp³-hybridized carbons (Fsp3) is 0.0455. The maximum Gasteiger partial charge on any atom is 0.0548 e. The molecule has 7 aromatic carbocycles. The topological polar surface area (TPSA) is 24.0 Å². The summed E-state index contributed by atoms with van der Waals surface area (Å²) in [4.78, 5) is 5.96. The summed E-state index contributed by atoms with van der Waals surface area (Å²) in [6.07, 6.45) is 0. The fourth-order valence-corrected chi connectivity index (χ4v) is 7.13. The van der Waals surface area contributed by atoms with Gasteiger partial charge in [0.05, 0.1) is 11.0 Å². The van der Waals surface area contributed by atoms with Gasteiger partial charge in [-0.3, -0.25) is 0 Å². The predicted octanol–water partition coefficient (Wildman–Crippen LogP) is 12.2.